The molecule has 1 atom stereocenters. The van der Waals surface area contributed by atoms with E-state index in [1.54, 1.807) is 11.3 Å². The van der Waals surface area contributed by atoms with Gasteiger partial charge in [0.1, 0.15) is 6.04 Å². The van der Waals surface area contributed by atoms with Crippen LogP contribution in [0.5, 0.6) is 0 Å². The Labute approximate surface area is 119 Å². The molecule has 1 saturated heterocycles. The summed E-state index contributed by atoms with van der Waals surface area (Å²) in [7, 11) is 0. The van der Waals surface area contributed by atoms with Crippen LogP contribution in [0.4, 0.5) is 0 Å². The lowest BCUT2D eigenvalue weighted by molar-refractivity contribution is -0.150. The highest BCUT2D eigenvalue weighted by Crippen LogP contribution is 2.25. The average Bonchev–Trinajstić information content (AvgIpc) is 2.76. The van der Waals surface area contributed by atoms with Crippen LogP contribution >= 0.6 is 27.3 Å². The molecule has 2 rings (SSSR count). The topological polar surface area (TPSA) is 41.6 Å². The maximum Gasteiger partial charge on any atom is 0.324 e. The SMILES string of the molecule is CCOC(=O)C1CNCCN1Cc1sccc1Br. The molecule has 0 aliphatic carbocycles. The van der Waals surface area contributed by atoms with Gasteiger partial charge >= 0.3 is 5.97 Å². The molecule has 4 nitrogen and oxygen atoms in total. The number of ether oxygens (including phenoxy) is 1. The lowest BCUT2D eigenvalue weighted by atomic mass is 10.2. The smallest absolute Gasteiger partial charge is 0.324 e. The van der Waals surface area contributed by atoms with Crippen LogP contribution in [-0.2, 0) is 16.1 Å². The number of nitrogens with one attached hydrogen (secondary N) is 1. The summed E-state index contributed by atoms with van der Waals surface area (Å²) >= 11 is 5.24. The van der Waals surface area contributed by atoms with Crippen LogP contribution in [0.1, 0.15) is 11.8 Å². The van der Waals surface area contributed by atoms with E-state index < -0.39 is 0 Å². The quantitative estimate of drug-likeness (QED) is 0.854. The normalized spacial score (nSPS) is 20.9. The van der Waals surface area contributed by atoms with Gasteiger partial charge in [0.05, 0.1) is 6.61 Å². The van der Waals surface area contributed by atoms with Gasteiger partial charge in [-0.25, -0.2) is 0 Å². The first kappa shape index (κ1) is 14.0. The van der Waals surface area contributed by atoms with Crippen LogP contribution in [0.25, 0.3) is 0 Å². The molecule has 100 valence electrons. The third-order valence-corrected chi connectivity index (χ3v) is 4.86. The fourth-order valence-electron chi connectivity index (χ4n) is 2.03. The van der Waals surface area contributed by atoms with Crippen LogP contribution in [0.2, 0.25) is 0 Å². The number of rotatable bonds is 4. The van der Waals surface area contributed by atoms with E-state index in [1.807, 2.05) is 13.0 Å². The monoisotopic (exact) mass is 332 g/mol. The van der Waals surface area contributed by atoms with Crippen molar-refractivity contribution in [2.45, 2.75) is 19.5 Å². The molecule has 2 heterocycles. The number of piperazine rings is 1. The summed E-state index contributed by atoms with van der Waals surface area (Å²) in [5.74, 6) is -0.127. The Morgan fingerprint density at radius 3 is 3.22 bits per heavy atom. The van der Waals surface area contributed by atoms with E-state index in [0.717, 1.165) is 24.1 Å². The number of nitrogens with zero attached hydrogens (tertiary/aromatic N) is 1. The summed E-state index contributed by atoms with van der Waals surface area (Å²) in [4.78, 5) is 15.4. The van der Waals surface area contributed by atoms with Crippen molar-refractivity contribution in [2.24, 2.45) is 0 Å². The van der Waals surface area contributed by atoms with Crippen LogP contribution in [0.3, 0.4) is 0 Å². The van der Waals surface area contributed by atoms with Crippen molar-refractivity contribution < 1.29 is 9.53 Å². The Bertz CT molecular complexity index is 411. The third-order valence-electron chi connectivity index (χ3n) is 2.95. The zero-order valence-corrected chi connectivity index (χ0v) is 12.7. The summed E-state index contributed by atoms with van der Waals surface area (Å²) in [6, 6.07) is 1.87. The van der Waals surface area contributed by atoms with Gasteiger partial charge in [-0.15, -0.1) is 11.3 Å². The van der Waals surface area contributed by atoms with Gasteiger partial charge in [0.25, 0.3) is 0 Å². The van der Waals surface area contributed by atoms with Gasteiger partial charge in [-0.2, -0.15) is 0 Å². The van der Waals surface area contributed by atoms with E-state index in [0.29, 0.717) is 13.2 Å². The van der Waals surface area contributed by atoms with E-state index in [9.17, 15) is 4.79 Å². The van der Waals surface area contributed by atoms with Gasteiger partial charge in [0.15, 0.2) is 0 Å². The van der Waals surface area contributed by atoms with E-state index in [2.05, 4.69) is 31.5 Å². The second-order valence-corrected chi connectivity index (χ2v) is 5.99. The van der Waals surface area contributed by atoms with Crippen molar-refractivity contribution in [2.75, 3.05) is 26.2 Å². The standard InChI is InChI=1S/C12H17BrN2O2S/c1-2-17-12(16)10-7-14-4-5-15(10)8-11-9(13)3-6-18-11/h3,6,10,14H,2,4-5,7-8H2,1H3. The van der Waals surface area contributed by atoms with Crippen molar-refractivity contribution in [1.29, 1.82) is 0 Å². The Hall–Kier alpha value is -0.430. The minimum Gasteiger partial charge on any atom is -0.465 e. The Kier molecular flexibility index (Phi) is 5.17. The summed E-state index contributed by atoms with van der Waals surface area (Å²) in [6.07, 6.45) is 0. The first-order chi connectivity index (χ1) is 8.72. The molecular weight excluding hydrogens is 316 g/mol. The first-order valence-electron chi connectivity index (χ1n) is 6.05. The summed E-state index contributed by atoms with van der Waals surface area (Å²) in [6.45, 7) is 5.53. The van der Waals surface area contributed by atoms with Crippen molar-refractivity contribution in [3.05, 3.63) is 20.8 Å². The van der Waals surface area contributed by atoms with Gasteiger partial charge < -0.3 is 10.1 Å². The fourth-order valence-corrected chi connectivity index (χ4v) is 3.53. The number of halogens is 1. The molecule has 0 radical (unpaired) electrons. The van der Waals surface area contributed by atoms with E-state index in [1.165, 1.54) is 4.88 Å². The highest BCUT2D eigenvalue weighted by molar-refractivity contribution is 9.10. The fraction of sp³-hybridized carbons (Fsp3) is 0.583. The lowest BCUT2D eigenvalue weighted by Crippen LogP contribution is -2.54. The van der Waals surface area contributed by atoms with Gasteiger partial charge in [0.2, 0.25) is 0 Å². The van der Waals surface area contributed by atoms with Gasteiger partial charge in [-0.05, 0) is 34.3 Å². The lowest BCUT2D eigenvalue weighted by Gasteiger charge is -2.34. The molecule has 1 aliphatic rings. The minimum atomic E-state index is -0.173. The first-order valence-corrected chi connectivity index (χ1v) is 7.73. The Morgan fingerprint density at radius 1 is 1.72 bits per heavy atom. The van der Waals surface area contributed by atoms with E-state index in [4.69, 9.17) is 4.74 Å². The van der Waals surface area contributed by atoms with Crippen LogP contribution in [0, 0.1) is 0 Å². The molecule has 1 aromatic rings. The largest absolute Gasteiger partial charge is 0.465 e. The molecular formula is C12H17BrN2O2S. The number of carbonyl (C=O) groups excluding carboxylic acids is 1. The molecule has 1 aliphatic heterocycles. The molecule has 1 fully saturated rings. The third kappa shape index (κ3) is 3.32. The summed E-state index contributed by atoms with van der Waals surface area (Å²) in [5, 5.41) is 5.30. The summed E-state index contributed by atoms with van der Waals surface area (Å²) < 4.78 is 6.25. The molecule has 1 aromatic heterocycles. The minimum absolute atomic E-state index is 0.127. The Morgan fingerprint density at radius 2 is 2.56 bits per heavy atom. The van der Waals surface area contributed by atoms with Gasteiger partial charge in [-0.1, -0.05) is 0 Å². The van der Waals surface area contributed by atoms with Crippen molar-refractivity contribution in [3.63, 3.8) is 0 Å². The summed E-state index contributed by atoms with van der Waals surface area (Å²) in [5.41, 5.74) is 0. The maximum atomic E-state index is 11.9. The number of esters is 1. The molecule has 0 aromatic carbocycles. The van der Waals surface area contributed by atoms with E-state index in [-0.39, 0.29) is 12.0 Å². The highest BCUT2D eigenvalue weighted by Gasteiger charge is 2.30. The number of thiophene rings is 1. The molecule has 0 amide bonds. The Balaban J connectivity index is 2.04. The predicted octanol–water partition coefficient (Wildman–Crippen LogP) is 1.85. The zero-order valence-electron chi connectivity index (χ0n) is 10.3. The molecule has 0 saturated carbocycles. The zero-order chi connectivity index (χ0) is 13.0. The van der Waals surface area contributed by atoms with Crippen molar-refractivity contribution in [3.8, 4) is 0 Å². The number of hydrogen-bond acceptors (Lipinski definition) is 5. The predicted molar refractivity (Wildman–Crippen MR) is 75.7 cm³/mol. The van der Waals surface area contributed by atoms with E-state index >= 15 is 0 Å². The van der Waals surface area contributed by atoms with Crippen molar-refractivity contribution in [1.82, 2.24) is 10.2 Å². The molecule has 1 N–H and O–H groups in total. The second-order valence-electron chi connectivity index (χ2n) is 4.13. The maximum absolute atomic E-state index is 11.9. The molecule has 18 heavy (non-hydrogen) atoms. The molecule has 0 bridgehead atoms. The van der Waals surface area contributed by atoms with Crippen LogP contribution < -0.4 is 5.32 Å². The van der Waals surface area contributed by atoms with Gasteiger partial charge in [0, 0.05) is 35.5 Å². The average molecular weight is 333 g/mol. The molecule has 0 spiro atoms. The number of hydrogen-bond donors (Lipinski definition) is 1. The van der Waals surface area contributed by atoms with Gasteiger partial charge in [-0.3, -0.25) is 9.69 Å². The van der Waals surface area contributed by atoms with Crippen molar-refractivity contribution >= 4 is 33.2 Å². The highest BCUT2D eigenvalue weighted by atomic mass is 79.9. The van der Waals surface area contributed by atoms with Crippen LogP contribution in [0.15, 0.2) is 15.9 Å². The number of carbonyl (C=O) groups is 1. The second kappa shape index (κ2) is 6.65. The molecule has 1 unspecified atom stereocenters. The molecule has 6 heteroatoms. The van der Waals surface area contributed by atoms with Crippen LogP contribution in [-0.4, -0.2) is 43.2 Å².